The molecule has 0 bridgehead atoms. The Morgan fingerprint density at radius 3 is 2.50 bits per heavy atom. The molecule has 0 saturated heterocycles. The lowest BCUT2D eigenvalue weighted by molar-refractivity contribution is -0.146. The number of aliphatic hydroxyl groups is 1. The van der Waals surface area contributed by atoms with Gasteiger partial charge in [0.15, 0.2) is 0 Å². The molecule has 1 unspecified atom stereocenters. The summed E-state index contributed by atoms with van der Waals surface area (Å²) in [6.07, 6.45) is 4.42. The van der Waals surface area contributed by atoms with Crippen LogP contribution in [0.15, 0.2) is 0 Å². The van der Waals surface area contributed by atoms with Crippen molar-refractivity contribution in [1.82, 2.24) is 0 Å². The fourth-order valence-electron chi connectivity index (χ4n) is 1.39. The molecule has 0 aliphatic heterocycles. The summed E-state index contributed by atoms with van der Waals surface area (Å²) in [5.41, 5.74) is 0. The van der Waals surface area contributed by atoms with Gasteiger partial charge in [-0.25, -0.2) is 0 Å². The molecule has 0 saturated carbocycles. The molecule has 96 valence electrons. The minimum atomic E-state index is -0.530. The first-order valence-corrected chi connectivity index (χ1v) is 6.40. The predicted octanol–water partition coefficient (Wildman–Crippen LogP) is 2.91. The van der Waals surface area contributed by atoms with Crippen molar-refractivity contribution in [3.8, 4) is 0 Å². The Morgan fingerprint density at radius 1 is 1.25 bits per heavy atom. The predicted molar refractivity (Wildman–Crippen MR) is 65.2 cm³/mol. The number of carbonyl (C=O) groups excluding carboxylic acids is 1. The Morgan fingerprint density at radius 2 is 1.94 bits per heavy atom. The molecule has 1 atom stereocenters. The summed E-state index contributed by atoms with van der Waals surface area (Å²) in [6.45, 7) is 6.77. The van der Waals surface area contributed by atoms with Crippen LogP contribution in [-0.2, 0) is 9.53 Å². The van der Waals surface area contributed by atoms with Crippen LogP contribution in [0, 0.1) is 5.92 Å². The molecule has 0 fully saturated rings. The molecule has 0 aromatic rings. The standard InChI is InChI=1S/C13H26O3/c1-4-5-6-7-12(14)10-13(15)16-9-8-11(2)3/h11-12,14H,4-10H2,1-3H3. The van der Waals surface area contributed by atoms with Gasteiger partial charge in [0.05, 0.1) is 19.1 Å². The maximum Gasteiger partial charge on any atom is 0.308 e. The third-order valence-corrected chi connectivity index (χ3v) is 2.50. The summed E-state index contributed by atoms with van der Waals surface area (Å²) in [6, 6.07) is 0. The Kier molecular flexibility index (Phi) is 9.30. The van der Waals surface area contributed by atoms with E-state index in [0.29, 0.717) is 18.9 Å². The second kappa shape index (κ2) is 9.64. The van der Waals surface area contributed by atoms with Crippen LogP contribution >= 0.6 is 0 Å². The number of esters is 1. The number of ether oxygens (including phenoxy) is 1. The average molecular weight is 230 g/mol. The quantitative estimate of drug-likeness (QED) is 0.489. The smallest absolute Gasteiger partial charge is 0.308 e. The van der Waals surface area contributed by atoms with E-state index in [1.807, 2.05) is 0 Å². The second-order valence-electron chi connectivity index (χ2n) is 4.76. The molecule has 0 aliphatic rings. The Hall–Kier alpha value is -0.570. The van der Waals surface area contributed by atoms with Gasteiger partial charge in [-0.05, 0) is 18.8 Å². The van der Waals surface area contributed by atoms with Gasteiger partial charge in [0, 0.05) is 0 Å². The van der Waals surface area contributed by atoms with Gasteiger partial charge in [0.25, 0.3) is 0 Å². The van der Waals surface area contributed by atoms with Gasteiger partial charge < -0.3 is 9.84 Å². The summed E-state index contributed by atoms with van der Waals surface area (Å²) in [7, 11) is 0. The highest BCUT2D eigenvalue weighted by Gasteiger charge is 2.11. The van der Waals surface area contributed by atoms with E-state index in [9.17, 15) is 9.90 Å². The van der Waals surface area contributed by atoms with Crippen molar-refractivity contribution >= 4 is 5.97 Å². The van der Waals surface area contributed by atoms with Crippen molar-refractivity contribution in [2.75, 3.05) is 6.61 Å². The van der Waals surface area contributed by atoms with Crippen LogP contribution in [0.3, 0.4) is 0 Å². The minimum absolute atomic E-state index is 0.141. The molecule has 16 heavy (non-hydrogen) atoms. The van der Waals surface area contributed by atoms with E-state index in [4.69, 9.17) is 4.74 Å². The normalized spacial score (nSPS) is 12.8. The van der Waals surface area contributed by atoms with Crippen LogP contribution in [0.2, 0.25) is 0 Å². The fourth-order valence-corrected chi connectivity index (χ4v) is 1.39. The van der Waals surface area contributed by atoms with E-state index in [-0.39, 0.29) is 12.4 Å². The number of unbranched alkanes of at least 4 members (excludes halogenated alkanes) is 2. The lowest BCUT2D eigenvalue weighted by Crippen LogP contribution is -2.16. The van der Waals surface area contributed by atoms with Crippen LogP contribution in [0.4, 0.5) is 0 Å². The average Bonchev–Trinajstić information content (AvgIpc) is 2.17. The van der Waals surface area contributed by atoms with E-state index >= 15 is 0 Å². The van der Waals surface area contributed by atoms with Crippen molar-refractivity contribution in [2.24, 2.45) is 5.92 Å². The molecule has 0 amide bonds. The molecule has 0 radical (unpaired) electrons. The van der Waals surface area contributed by atoms with Gasteiger partial charge in [-0.15, -0.1) is 0 Å². The first kappa shape index (κ1) is 15.4. The van der Waals surface area contributed by atoms with Crippen molar-refractivity contribution in [3.05, 3.63) is 0 Å². The largest absolute Gasteiger partial charge is 0.466 e. The number of carbonyl (C=O) groups is 1. The zero-order chi connectivity index (χ0) is 12.4. The van der Waals surface area contributed by atoms with Crippen molar-refractivity contribution in [1.29, 1.82) is 0 Å². The van der Waals surface area contributed by atoms with Crippen molar-refractivity contribution < 1.29 is 14.6 Å². The zero-order valence-electron chi connectivity index (χ0n) is 10.9. The van der Waals surface area contributed by atoms with Crippen molar-refractivity contribution in [3.63, 3.8) is 0 Å². The van der Waals surface area contributed by atoms with E-state index in [1.165, 1.54) is 0 Å². The molecule has 0 heterocycles. The zero-order valence-corrected chi connectivity index (χ0v) is 10.9. The minimum Gasteiger partial charge on any atom is -0.466 e. The number of aliphatic hydroxyl groups excluding tert-OH is 1. The maximum atomic E-state index is 11.3. The molecular formula is C13H26O3. The Bertz CT molecular complexity index is 178. The maximum absolute atomic E-state index is 11.3. The highest BCUT2D eigenvalue weighted by atomic mass is 16.5. The van der Waals surface area contributed by atoms with Crippen LogP contribution in [0.5, 0.6) is 0 Å². The van der Waals surface area contributed by atoms with Gasteiger partial charge in [0.1, 0.15) is 0 Å². The van der Waals surface area contributed by atoms with Crippen LogP contribution in [0.25, 0.3) is 0 Å². The number of rotatable bonds is 9. The summed E-state index contributed by atoms with van der Waals surface area (Å²) >= 11 is 0. The van der Waals surface area contributed by atoms with E-state index in [2.05, 4.69) is 20.8 Å². The highest BCUT2D eigenvalue weighted by molar-refractivity contribution is 5.69. The fraction of sp³-hybridized carbons (Fsp3) is 0.923. The molecule has 0 aliphatic carbocycles. The molecule has 3 heteroatoms. The lowest BCUT2D eigenvalue weighted by Gasteiger charge is -2.10. The third kappa shape index (κ3) is 9.97. The molecule has 0 rings (SSSR count). The molecular weight excluding hydrogens is 204 g/mol. The molecule has 1 N–H and O–H groups in total. The molecule has 3 nitrogen and oxygen atoms in total. The third-order valence-electron chi connectivity index (χ3n) is 2.50. The molecule has 0 spiro atoms. The summed E-state index contributed by atoms with van der Waals surface area (Å²) < 4.78 is 5.03. The second-order valence-corrected chi connectivity index (χ2v) is 4.76. The van der Waals surface area contributed by atoms with Crippen LogP contribution in [-0.4, -0.2) is 23.8 Å². The van der Waals surface area contributed by atoms with E-state index in [1.54, 1.807) is 0 Å². The van der Waals surface area contributed by atoms with Gasteiger partial charge in [-0.3, -0.25) is 4.79 Å². The van der Waals surface area contributed by atoms with Crippen LogP contribution in [0.1, 0.15) is 59.3 Å². The van der Waals surface area contributed by atoms with Crippen LogP contribution < -0.4 is 0 Å². The highest BCUT2D eigenvalue weighted by Crippen LogP contribution is 2.07. The summed E-state index contributed by atoms with van der Waals surface area (Å²) in [5, 5.41) is 9.55. The van der Waals surface area contributed by atoms with Gasteiger partial charge in [0.2, 0.25) is 0 Å². The van der Waals surface area contributed by atoms with Gasteiger partial charge in [-0.1, -0.05) is 40.0 Å². The first-order valence-electron chi connectivity index (χ1n) is 6.40. The Balaban J connectivity index is 3.46. The molecule has 0 aromatic heterocycles. The topological polar surface area (TPSA) is 46.5 Å². The number of hydrogen-bond donors (Lipinski definition) is 1. The summed E-state index contributed by atoms with van der Waals surface area (Å²) in [5.74, 6) is 0.270. The van der Waals surface area contributed by atoms with Crippen molar-refractivity contribution in [2.45, 2.75) is 65.4 Å². The first-order chi connectivity index (χ1) is 7.56. The summed E-state index contributed by atoms with van der Waals surface area (Å²) in [4.78, 5) is 11.3. The lowest BCUT2D eigenvalue weighted by atomic mass is 10.1. The van der Waals surface area contributed by atoms with Gasteiger partial charge >= 0.3 is 5.97 Å². The SMILES string of the molecule is CCCCCC(O)CC(=O)OCCC(C)C. The van der Waals surface area contributed by atoms with E-state index < -0.39 is 6.10 Å². The van der Waals surface area contributed by atoms with E-state index in [0.717, 1.165) is 25.7 Å². The monoisotopic (exact) mass is 230 g/mol. The molecule has 0 aromatic carbocycles. The van der Waals surface area contributed by atoms with Gasteiger partial charge in [-0.2, -0.15) is 0 Å². The number of hydrogen-bond acceptors (Lipinski definition) is 3. The Labute approximate surface area is 99.2 Å².